The molecule has 1 N–H and O–H groups in total. The second-order valence-corrected chi connectivity index (χ2v) is 7.19. The second-order valence-electron chi connectivity index (χ2n) is 6.24. The summed E-state index contributed by atoms with van der Waals surface area (Å²) in [5, 5.41) is 4.67. The third kappa shape index (κ3) is 5.04. The van der Waals surface area contributed by atoms with Crippen LogP contribution in [0.25, 0.3) is 0 Å². The van der Waals surface area contributed by atoms with Crippen LogP contribution in [0.5, 0.6) is 0 Å². The third-order valence-electron chi connectivity index (χ3n) is 4.24. The number of carbonyl (C=O) groups is 3. The number of hydrogen-bond acceptors (Lipinski definition) is 4. The number of likely N-dealkylation sites (tertiary alicyclic amines) is 1. The molecule has 3 amide bonds. The standard InChI is InChI=1S/C18H27N3O3S/c1-3-9-19-16(22)13-20(10-4-2)17(23)14-7-5-11-21(14)18(24)15-8-6-12-25-15/h6,8,12,14H,3-5,7,9-11,13H2,1-2H3,(H,19,22)/t14-/m0/s1. The molecule has 1 aliphatic rings. The molecule has 1 atom stereocenters. The van der Waals surface area contributed by atoms with E-state index in [-0.39, 0.29) is 24.3 Å². The van der Waals surface area contributed by atoms with Crippen LogP contribution in [0, 0.1) is 0 Å². The van der Waals surface area contributed by atoms with Gasteiger partial charge in [0.05, 0.1) is 11.4 Å². The first-order valence-corrected chi connectivity index (χ1v) is 9.86. The smallest absolute Gasteiger partial charge is 0.264 e. The van der Waals surface area contributed by atoms with Crippen molar-refractivity contribution in [3.8, 4) is 0 Å². The number of nitrogens with one attached hydrogen (secondary N) is 1. The van der Waals surface area contributed by atoms with Gasteiger partial charge in [-0.05, 0) is 37.1 Å². The zero-order valence-corrected chi connectivity index (χ0v) is 15.8. The summed E-state index contributed by atoms with van der Waals surface area (Å²) < 4.78 is 0. The van der Waals surface area contributed by atoms with Gasteiger partial charge in [-0.25, -0.2) is 0 Å². The molecule has 0 aliphatic carbocycles. The summed E-state index contributed by atoms with van der Waals surface area (Å²) in [7, 11) is 0. The van der Waals surface area contributed by atoms with E-state index in [0.717, 1.165) is 19.3 Å². The summed E-state index contributed by atoms with van der Waals surface area (Å²) in [6, 6.07) is 3.17. The Kier molecular flexibility index (Phi) is 7.43. The van der Waals surface area contributed by atoms with Gasteiger partial charge in [-0.2, -0.15) is 0 Å². The van der Waals surface area contributed by atoms with Gasteiger partial charge in [0.25, 0.3) is 5.91 Å². The van der Waals surface area contributed by atoms with Gasteiger partial charge in [0, 0.05) is 19.6 Å². The number of hydrogen-bond donors (Lipinski definition) is 1. The minimum Gasteiger partial charge on any atom is -0.355 e. The zero-order chi connectivity index (χ0) is 18.2. The van der Waals surface area contributed by atoms with Crippen LogP contribution in [0.4, 0.5) is 0 Å². The lowest BCUT2D eigenvalue weighted by molar-refractivity contribution is -0.139. The van der Waals surface area contributed by atoms with Gasteiger partial charge < -0.3 is 15.1 Å². The molecule has 7 heteroatoms. The van der Waals surface area contributed by atoms with Crippen LogP contribution in [-0.2, 0) is 9.59 Å². The maximum atomic E-state index is 13.0. The molecule has 1 saturated heterocycles. The number of nitrogens with zero attached hydrogens (tertiary/aromatic N) is 2. The molecule has 2 heterocycles. The monoisotopic (exact) mass is 365 g/mol. The van der Waals surface area contributed by atoms with Crippen molar-refractivity contribution >= 4 is 29.1 Å². The van der Waals surface area contributed by atoms with Crippen molar-refractivity contribution in [2.45, 2.75) is 45.6 Å². The van der Waals surface area contributed by atoms with E-state index in [9.17, 15) is 14.4 Å². The second kappa shape index (κ2) is 9.56. The van der Waals surface area contributed by atoms with Crippen molar-refractivity contribution in [1.29, 1.82) is 0 Å². The Morgan fingerprint density at radius 1 is 1.32 bits per heavy atom. The molecule has 1 aromatic rings. The lowest BCUT2D eigenvalue weighted by atomic mass is 10.1. The fourth-order valence-electron chi connectivity index (χ4n) is 3.05. The molecule has 1 aromatic heterocycles. The molecular weight excluding hydrogens is 338 g/mol. The Labute approximate surface area is 153 Å². The van der Waals surface area contributed by atoms with E-state index in [1.807, 2.05) is 25.3 Å². The van der Waals surface area contributed by atoms with E-state index >= 15 is 0 Å². The Hall–Kier alpha value is -1.89. The van der Waals surface area contributed by atoms with Gasteiger partial charge in [0.15, 0.2) is 0 Å². The first-order chi connectivity index (χ1) is 12.1. The summed E-state index contributed by atoms with van der Waals surface area (Å²) in [4.78, 5) is 41.6. The predicted octanol–water partition coefficient (Wildman–Crippen LogP) is 2.12. The molecular formula is C18H27N3O3S. The van der Waals surface area contributed by atoms with Crippen molar-refractivity contribution in [3.05, 3.63) is 22.4 Å². The first-order valence-electron chi connectivity index (χ1n) is 8.98. The van der Waals surface area contributed by atoms with E-state index in [1.165, 1.54) is 11.3 Å². The zero-order valence-electron chi connectivity index (χ0n) is 15.0. The van der Waals surface area contributed by atoms with Crippen molar-refractivity contribution in [1.82, 2.24) is 15.1 Å². The number of amides is 3. The van der Waals surface area contributed by atoms with Gasteiger partial charge in [-0.3, -0.25) is 14.4 Å². The maximum absolute atomic E-state index is 13.0. The van der Waals surface area contributed by atoms with Crippen molar-refractivity contribution in [2.75, 3.05) is 26.2 Å². The fraction of sp³-hybridized carbons (Fsp3) is 0.611. The van der Waals surface area contributed by atoms with Crippen LogP contribution >= 0.6 is 11.3 Å². The summed E-state index contributed by atoms with van der Waals surface area (Å²) in [5.41, 5.74) is 0. The van der Waals surface area contributed by atoms with E-state index < -0.39 is 6.04 Å². The molecule has 2 rings (SSSR count). The average molecular weight is 365 g/mol. The first kappa shape index (κ1) is 19.4. The molecule has 0 radical (unpaired) electrons. The lowest BCUT2D eigenvalue weighted by Crippen LogP contribution is -2.50. The van der Waals surface area contributed by atoms with E-state index in [0.29, 0.717) is 30.9 Å². The molecule has 0 unspecified atom stereocenters. The molecule has 0 saturated carbocycles. The highest BCUT2D eigenvalue weighted by molar-refractivity contribution is 7.12. The molecule has 0 spiro atoms. The topological polar surface area (TPSA) is 69.7 Å². The van der Waals surface area contributed by atoms with Crippen LogP contribution in [0.15, 0.2) is 17.5 Å². The van der Waals surface area contributed by atoms with E-state index in [1.54, 1.807) is 15.9 Å². The Balaban J connectivity index is 2.06. The van der Waals surface area contributed by atoms with Crippen LogP contribution in [0.3, 0.4) is 0 Å². The largest absolute Gasteiger partial charge is 0.355 e. The summed E-state index contributed by atoms with van der Waals surface area (Å²) in [6.07, 6.45) is 3.11. The molecule has 0 aromatic carbocycles. The summed E-state index contributed by atoms with van der Waals surface area (Å²) in [6.45, 7) is 5.75. The normalized spacial score (nSPS) is 16.7. The van der Waals surface area contributed by atoms with E-state index in [2.05, 4.69) is 5.32 Å². The molecule has 6 nitrogen and oxygen atoms in total. The van der Waals surface area contributed by atoms with Gasteiger partial charge in [-0.15, -0.1) is 11.3 Å². The predicted molar refractivity (Wildman–Crippen MR) is 98.5 cm³/mol. The molecule has 138 valence electrons. The van der Waals surface area contributed by atoms with Crippen LogP contribution in [0.2, 0.25) is 0 Å². The molecule has 1 fully saturated rings. The number of thiophene rings is 1. The molecule has 1 aliphatic heterocycles. The van der Waals surface area contributed by atoms with Crippen LogP contribution < -0.4 is 5.32 Å². The van der Waals surface area contributed by atoms with Gasteiger partial charge in [0.2, 0.25) is 11.8 Å². The minimum absolute atomic E-state index is 0.0597. The SMILES string of the molecule is CCCNC(=O)CN(CCC)C(=O)[C@@H]1CCCN1C(=O)c1cccs1. The summed E-state index contributed by atoms with van der Waals surface area (Å²) in [5.74, 6) is -0.341. The molecule has 0 bridgehead atoms. The highest BCUT2D eigenvalue weighted by Crippen LogP contribution is 2.23. The van der Waals surface area contributed by atoms with Gasteiger partial charge in [0.1, 0.15) is 6.04 Å². The molecule has 25 heavy (non-hydrogen) atoms. The number of rotatable bonds is 8. The highest BCUT2D eigenvalue weighted by Gasteiger charge is 2.37. The number of carbonyl (C=O) groups excluding carboxylic acids is 3. The Morgan fingerprint density at radius 3 is 2.76 bits per heavy atom. The van der Waals surface area contributed by atoms with E-state index in [4.69, 9.17) is 0 Å². The van der Waals surface area contributed by atoms with Crippen LogP contribution in [-0.4, -0.2) is 59.7 Å². The Bertz CT molecular complexity index is 588. The van der Waals surface area contributed by atoms with Crippen LogP contribution in [0.1, 0.15) is 49.2 Å². The fourth-order valence-corrected chi connectivity index (χ4v) is 3.73. The minimum atomic E-state index is -0.458. The third-order valence-corrected chi connectivity index (χ3v) is 5.10. The van der Waals surface area contributed by atoms with Crippen molar-refractivity contribution < 1.29 is 14.4 Å². The van der Waals surface area contributed by atoms with Gasteiger partial charge >= 0.3 is 0 Å². The Morgan fingerprint density at radius 2 is 2.12 bits per heavy atom. The average Bonchev–Trinajstić information content (AvgIpc) is 3.29. The quantitative estimate of drug-likeness (QED) is 0.767. The highest BCUT2D eigenvalue weighted by atomic mass is 32.1. The van der Waals surface area contributed by atoms with Crippen molar-refractivity contribution in [2.24, 2.45) is 0 Å². The maximum Gasteiger partial charge on any atom is 0.264 e. The lowest BCUT2D eigenvalue weighted by Gasteiger charge is -2.29. The summed E-state index contributed by atoms with van der Waals surface area (Å²) >= 11 is 1.39. The van der Waals surface area contributed by atoms with Crippen molar-refractivity contribution in [3.63, 3.8) is 0 Å². The van der Waals surface area contributed by atoms with Gasteiger partial charge in [-0.1, -0.05) is 19.9 Å².